The Bertz CT molecular complexity index is 577. The molecule has 0 fully saturated rings. The Hall–Kier alpha value is -1.80. The molecule has 2 aromatic carbocycles. The molecule has 1 N–H and O–H groups in total. The van der Waals surface area contributed by atoms with Crippen LogP contribution in [-0.2, 0) is 19.5 Å². The molecule has 2 heteroatoms. The summed E-state index contributed by atoms with van der Waals surface area (Å²) in [6.07, 6.45) is 1.17. The van der Waals surface area contributed by atoms with Crippen LogP contribution in [0.4, 0.5) is 5.69 Å². The molecule has 0 spiro atoms. The van der Waals surface area contributed by atoms with Gasteiger partial charge in [-0.3, -0.25) is 0 Å². The first-order valence-corrected chi connectivity index (χ1v) is 7.49. The van der Waals surface area contributed by atoms with E-state index in [-0.39, 0.29) is 0 Å². The van der Waals surface area contributed by atoms with Gasteiger partial charge in [-0.15, -0.1) is 0 Å². The number of anilines is 1. The highest BCUT2D eigenvalue weighted by Gasteiger charge is 2.18. The Balaban J connectivity index is 1.79. The summed E-state index contributed by atoms with van der Waals surface area (Å²) in [6.45, 7) is 6.27. The lowest BCUT2D eigenvalue weighted by Crippen LogP contribution is -2.22. The zero-order valence-corrected chi connectivity index (χ0v) is 12.1. The molecule has 0 radical (unpaired) electrons. The molecule has 0 saturated heterocycles. The Morgan fingerprint density at radius 1 is 1.00 bits per heavy atom. The summed E-state index contributed by atoms with van der Waals surface area (Å²) in [7, 11) is 0. The third-order valence-corrected chi connectivity index (χ3v) is 4.03. The number of fused-ring (bicyclic) bond motifs is 1. The number of nitrogens with zero attached hydrogens (tertiary/aromatic N) is 1. The molecule has 2 aromatic rings. The van der Waals surface area contributed by atoms with Gasteiger partial charge in [-0.2, -0.15) is 0 Å². The number of benzene rings is 2. The molecule has 20 heavy (non-hydrogen) atoms. The molecule has 0 saturated carbocycles. The normalized spacial score (nSPS) is 13.6. The van der Waals surface area contributed by atoms with Crippen molar-refractivity contribution in [3.63, 3.8) is 0 Å². The van der Waals surface area contributed by atoms with Gasteiger partial charge in [-0.1, -0.05) is 49.4 Å². The van der Waals surface area contributed by atoms with E-state index < -0.39 is 0 Å². The van der Waals surface area contributed by atoms with Gasteiger partial charge in [0.15, 0.2) is 0 Å². The van der Waals surface area contributed by atoms with Gasteiger partial charge in [0, 0.05) is 25.3 Å². The van der Waals surface area contributed by atoms with Crippen molar-refractivity contribution in [1.82, 2.24) is 5.32 Å². The monoisotopic (exact) mass is 266 g/mol. The van der Waals surface area contributed by atoms with Crippen LogP contribution in [0.3, 0.4) is 0 Å². The Labute approximate surface area is 121 Å². The zero-order valence-electron chi connectivity index (χ0n) is 12.1. The predicted octanol–water partition coefficient (Wildman–Crippen LogP) is 3.36. The topological polar surface area (TPSA) is 15.3 Å². The van der Waals surface area contributed by atoms with Gasteiger partial charge in [-0.05, 0) is 35.7 Å². The maximum absolute atomic E-state index is 3.43. The van der Waals surface area contributed by atoms with Crippen LogP contribution in [0.1, 0.15) is 23.6 Å². The molecule has 0 unspecified atom stereocenters. The van der Waals surface area contributed by atoms with E-state index in [1.54, 1.807) is 0 Å². The zero-order chi connectivity index (χ0) is 13.8. The largest absolute Gasteiger partial charge is 0.367 e. The Morgan fingerprint density at radius 3 is 2.60 bits per heavy atom. The maximum atomic E-state index is 3.43. The van der Waals surface area contributed by atoms with E-state index in [2.05, 4.69) is 65.7 Å². The molecular formula is C18H22N2. The lowest BCUT2D eigenvalue weighted by molar-refractivity contribution is 0.714. The van der Waals surface area contributed by atoms with Gasteiger partial charge < -0.3 is 10.2 Å². The lowest BCUT2D eigenvalue weighted by atomic mass is 10.1. The molecule has 0 atom stereocenters. The minimum absolute atomic E-state index is 0.960. The van der Waals surface area contributed by atoms with Crippen LogP contribution in [0.15, 0.2) is 48.5 Å². The Morgan fingerprint density at radius 2 is 1.75 bits per heavy atom. The predicted molar refractivity (Wildman–Crippen MR) is 85.0 cm³/mol. The summed E-state index contributed by atoms with van der Waals surface area (Å²) in [5.74, 6) is 0. The summed E-state index contributed by atoms with van der Waals surface area (Å²) in [5, 5.41) is 3.43. The number of rotatable bonds is 5. The SMILES string of the molecule is CCNCc1ccccc1CN1CCc2ccccc21. The van der Waals surface area contributed by atoms with E-state index in [9.17, 15) is 0 Å². The van der Waals surface area contributed by atoms with Crippen molar-refractivity contribution in [2.45, 2.75) is 26.4 Å². The molecule has 0 aromatic heterocycles. The second-order valence-electron chi connectivity index (χ2n) is 5.35. The molecule has 0 aliphatic carbocycles. The molecule has 0 amide bonds. The highest BCUT2D eigenvalue weighted by molar-refractivity contribution is 5.58. The van der Waals surface area contributed by atoms with Crippen molar-refractivity contribution >= 4 is 5.69 Å². The van der Waals surface area contributed by atoms with Gasteiger partial charge >= 0.3 is 0 Å². The molecule has 1 aliphatic rings. The highest BCUT2D eigenvalue weighted by atomic mass is 15.1. The molecule has 1 heterocycles. The van der Waals surface area contributed by atoms with Gasteiger partial charge in [0.2, 0.25) is 0 Å². The lowest BCUT2D eigenvalue weighted by Gasteiger charge is -2.21. The first-order chi connectivity index (χ1) is 9.88. The van der Waals surface area contributed by atoms with E-state index in [4.69, 9.17) is 0 Å². The number of nitrogens with one attached hydrogen (secondary N) is 1. The molecule has 0 bridgehead atoms. The van der Waals surface area contributed by atoms with E-state index >= 15 is 0 Å². The minimum Gasteiger partial charge on any atom is -0.367 e. The van der Waals surface area contributed by atoms with E-state index in [0.717, 1.165) is 26.2 Å². The second kappa shape index (κ2) is 6.10. The number of hydrogen-bond donors (Lipinski definition) is 1. The van der Waals surface area contributed by atoms with Gasteiger partial charge in [0.25, 0.3) is 0 Å². The third kappa shape index (κ3) is 2.70. The van der Waals surface area contributed by atoms with Gasteiger partial charge in [0.1, 0.15) is 0 Å². The highest BCUT2D eigenvalue weighted by Crippen LogP contribution is 2.29. The van der Waals surface area contributed by atoms with Crippen molar-refractivity contribution in [3.05, 3.63) is 65.2 Å². The van der Waals surface area contributed by atoms with E-state index in [1.165, 1.54) is 28.8 Å². The molecule has 2 nitrogen and oxygen atoms in total. The summed E-state index contributed by atoms with van der Waals surface area (Å²) in [4.78, 5) is 2.50. The summed E-state index contributed by atoms with van der Waals surface area (Å²) in [5.41, 5.74) is 5.74. The van der Waals surface area contributed by atoms with E-state index in [1.807, 2.05) is 0 Å². The molecule has 3 rings (SSSR count). The molecule has 104 valence electrons. The first-order valence-electron chi connectivity index (χ1n) is 7.49. The fourth-order valence-electron chi connectivity index (χ4n) is 2.92. The van der Waals surface area contributed by atoms with E-state index in [0.29, 0.717) is 0 Å². The van der Waals surface area contributed by atoms with Crippen LogP contribution in [0.25, 0.3) is 0 Å². The average molecular weight is 266 g/mol. The van der Waals surface area contributed by atoms with Crippen molar-refractivity contribution < 1.29 is 0 Å². The summed E-state index contributed by atoms with van der Waals surface area (Å²) < 4.78 is 0. The van der Waals surface area contributed by atoms with Crippen LogP contribution in [0.5, 0.6) is 0 Å². The Kier molecular flexibility index (Phi) is 4.03. The standard InChI is InChI=1S/C18H22N2/c1-2-19-13-16-8-3-4-9-17(16)14-20-12-11-15-7-5-6-10-18(15)20/h3-10,19H,2,11-14H2,1H3. The van der Waals surface area contributed by atoms with Crippen LogP contribution < -0.4 is 10.2 Å². The van der Waals surface area contributed by atoms with Gasteiger partial charge in [-0.25, -0.2) is 0 Å². The molecular weight excluding hydrogens is 244 g/mol. The first kappa shape index (κ1) is 13.2. The maximum Gasteiger partial charge on any atom is 0.0432 e. The fourth-order valence-corrected chi connectivity index (χ4v) is 2.92. The van der Waals surface area contributed by atoms with Crippen LogP contribution >= 0.6 is 0 Å². The van der Waals surface area contributed by atoms with Crippen molar-refractivity contribution in [2.24, 2.45) is 0 Å². The van der Waals surface area contributed by atoms with Gasteiger partial charge in [0.05, 0.1) is 0 Å². The van der Waals surface area contributed by atoms with Crippen LogP contribution in [0, 0.1) is 0 Å². The minimum atomic E-state index is 0.960. The van der Waals surface area contributed by atoms with Crippen molar-refractivity contribution in [3.8, 4) is 0 Å². The third-order valence-electron chi connectivity index (χ3n) is 4.03. The number of hydrogen-bond acceptors (Lipinski definition) is 2. The van der Waals surface area contributed by atoms with Crippen molar-refractivity contribution in [2.75, 3.05) is 18.0 Å². The average Bonchev–Trinajstić information content (AvgIpc) is 2.90. The summed E-state index contributed by atoms with van der Waals surface area (Å²) >= 11 is 0. The van der Waals surface area contributed by atoms with Crippen LogP contribution in [-0.4, -0.2) is 13.1 Å². The summed E-state index contributed by atoms with van der Waals surface area (Å²) in [6, 6.07) is 17.5. The second-order valence-corrected chi connectivity index (χ2v) is 5.35. The quantitative estimate of drug-likeness (QED) is 0.892. The fraction of sp³-hybridized carbons (Fsp3) is 0.333. The smallest absolute Gasteiger partial charge is 0.0432 e. The van der Waals surface area contributed by atoms with Crippen LogP contribution in [0.2, 0.25) is 0 Å². The molecule has 1 aliphatic heterocycles. The van der Waals surface area contributed by atoms with Crippen molar-refractivity contribution in [1.29, 1.82) is 0 Å². The number of para-hydroxylation sites is 1.